The molecule has 1 aromatic rings. The lowest BCUT2D eigenvalue weighted by Gasteiger charge is -2.06. The molecular formula is C14H16N4O3. The molecule has 0 spiro atoms. The zero-order valence-corrected chi connectivity index (χ0v) is 11.8. The average molecular weight is 288 g/mol. The van der Waals surface area contributed by atoms with Crippen molar-refractivity contribution in [2.75, 3.05) is 7.11 Å². The molecule has 0 aromatic heterocycles. The van der Waals surface area contributed by atoms with Gasteiger partial charge < -0.3 is 4.74 Å². The minimum absolute atomic E-state index is 0.0183. The summed E-state index contributed by atoms with van der Waals surface area (Å²) in [7, 11) is 1.56. The fraction of sp³-hybridized carbons (Fsp3) is 0.286. The summed E-state index contributed by atoms with van der Waals surface area (Å²) < 4.78 is 5.17. The molecular weight excluding hydrogens is 272 g/mol. The summed E-state index contributed by atoms with van der Waals surface area (Å²) in [6, 6.07) is 7.30. The van der Waals surface area contributed by atoms with E-state index in [1.807, 2.05) is 18.2 Å². The molecule has 2 rings (SSSR count). The van der Waals surface area contributed by atoms with Gasteiger partial charge in [-0.15, -0.1) is 0 Å². The number of rotatable bonds is 5. The van der Waals surface area contributed by atoms with Crippen molar-refractivity contribution in [1.29, 1.82) is 0 Å². The molecule has 1 atom stereocenters. The highest BCUT2D eigenvalue weighted by atomic mass is 16.5. The number of methoxy groups -OCH3 is 1. The van der Waals surface area contributed by atoms with Crippen LogP contribution in [0.5, 0.6) is 5.75 Å². The first-order valence-corrected chi connectivity index (χ1v) is 6.40. The fourth-order valence-corrected chi connectivity index (χ4v) is 1.91. The molecule has 0 bridgehead atoms. The lowest BCUT2D eigenvalue weighted by atomic mass is 10.0. The third kappa shape index (κ3) is 3.65. The van der Waals surface area contributed by atoms with Crippen molar-refractivity contribution >= 4 is 23.7 Å². The molecule has 2 N–H and O–H groups in total. The Bertz CT molecular complexity index is 610. The second-order valence-corrected chi connectivity index (χ2v) is 4.52. The summed E-state index contributed by atoms with van der Waals surface area (Å²) in [4.78, 5) is 23.2. The number of benzene rings is 1. The van der Waals surface area contributed by atoms with E-state index in [9.17, 15) is 9.59 Å². The van der Waals surface area contributed by atoms with E-state index >= 15 is 0 Å². The van der Waals surface area contributed by atoms with Crippen LogP contribution in [-0.2, 0) is 9.59 Å². The lowest BCUT2D eigenvalue weighted by molar-refractivity contribution is -0.127. The quantitative estimate of drug-likeness (QED) is 0.615. The molecule has 7 nitrogen and oxygen atoms in total. The second kappa shape index (κ2) is 6.65. The molecule has 1 aromatic carbocycles. The topological polar surface area (TPSA) is 92.1 Å². The van der Waals surface area contributed by atoms with E-state index in [-0.39, 0.29) is 18.2 Å². The molecule has 1 aliphatic rings. The van der Waals surface area contributed by atoms with Crippen molar-refractivity contribution in [3.05, 3.63) is 29.8 Å². The Morgan fingerprint density at radius 1 is 1.52 bits per heavy atom. The first kappa shape index (κ1) is 14.7. The maximum atomic E-state index is 11.7. The summed E-state index contributed by atoms with van der Waals surface area (Å²) in [5.74, 6) is -0.478. The SMILES string of the molecule is COc1ccccc1C=NNC(=O)CC1C(=O)NN=C1C. The first-order chi connectivity index (χ1) is 10.1. The Morgan fingerprint density at radius 2 is 2.29 bits per heavy atom. The van der Waals surface area contributed by atoms with E-state index in [0.29, 0.717) is 11.5 Å². The van der Waals surface area contributed by atoms with Crippen LogP contribution in [0.15, 0.2) is 34.5 Å². The van der Waals surface area contributed by atoms with Crippen LogP contribution in [0, 0.1) is 5.92 Å². The molecule has 7 heteroatoms. The maximum Gasteiger partial charge on any atom is 0.249 e. The van der Waals surface area contributed by atoms with E-state index in [4.69, 9.17) is 4.74 Å². The molecule has 0 saturated heterocycles. The number of carbonyl (C=O) groups is 2. The van der Waals surface area contributed by atoms with Gasteiger partial charge >= 0.3 is 0 Å². The Morgan fingerprint density at radius 3 is 2.95 bits per heavy atom. The van der Waals surface area contributed by atoms with E-state index in [1.54, 1.807) is 20.1 Å². The molecule has 1 heterocycles. The van der Waals surface area contributed by atoms with Crippen LogP contribution in [0.25, 0.3) is 0 Å². The summed E-state index contributed by atoms with van der Waals surface area (Å²) in [5, 5.41) is 7.65. The third-order valence-electron chi connectivity index (χ3n) is 3.08. The summed E-state index contributed by atoms with van der Waals surface area (Å²) in [6.07, 6.45) is 1.51. The minimum atomic E-state index is -0.522. The number of hydrogen-bond acceptors (Lipinski definition) is 5. The largest absolute Gasteiger partial charge is 0.496 e. The highest BCUT2D eigenvalue weighted by molar-refractivity contribution is 6.09. The minimum Gasteiger partial charge on any atom is -0.496 e. The molecule has 0 aliphatic carbocycles. The van der Waals surface area contributed by atoms with Gasteiger partial charge in [0.1, 0.15) is 5.75 Å². The molecule has 21 heavy (non-hydrogen) atoms. The lowest BCUT2D eigenvalue weighted by Crippen LogP contribution is -2.29. The van der Waals surface area contributed by atoms with Gasteiger partial charge in [0.05, 0.1) is 19.2 Å². The second-order valence-electron chi connectivity index (χ2n) is 4.52. The van der Waals surface area contributed by atoms with Crippen molar-refractivity contribution in [3.63, 3.8) is 0 Å². The number of nitrogens with zero attached hydrogens (tertiary/aromatic N) is 2. The van der Waals surface area contributed by atoms with Gasteiger partial charge in [-0.25, -0.2) is 10.9 Å². The van der Waals surface area contributed by atoms with Crippen molar-refractivity contribution in [1.82, 2.24) is 10.9 Å². The van der Waals surface area contributed by atoms with Crippen LogP contribution >= 0.6 is 0 Å². The van der Waals surface area contributed by atoms with Crippen molar-refractivity contribution in [2.45, 2.75) is 13.3 Å². The monoisotopic (exact) mass is 288 g/mol. The zero-order chi connectivity index (χ0) is 15.2. The molecule has 0 fully saturated rings. The number of amides is 2. The Labute approximate surface area is 122 Å². The number of hydrogen-bond donors (Lipinski definition) is 2. The van der Waals surface area contributed by atoms with Crippen LogP contribution in [-0.4, -0.2) is 30.9 Å². The Balaban J connectivity index is 1.90. The van der Waals surface area contributed by atoms with Crippen molar-refractivity contribution < 1.29 is 14.3 Å². The van der Waals surface area contributed by atoms with Crippen molar-refractivity contribution in [2.24, 2.45) is 16.1 Å². The predicted molar refractivity (Wildman–Crippen MR) is 78.1 cm³/mol. The number of nitrogens with one attached hydrogen (secondary N) is 2. The van der Waals surface area contributed by atoms with Gasteiger partial charge in [-0.05, 0) is 19.1 Å². The summed E-state index contributed by atoms with van der Waals surface area (Å²) >= 11 is 0. The van der Waals surface area contributed by atoms with Gasteiger partial charge in [0.15, 0.2) is 0 Å². The number of para-hydroxylation sites is 1. The maximum absolute atomic E-state index is 11.7. The van der Waals surface area contributed by atoms with Crippen molar-refractivity contribution in [3.8, 4) is 5.75 Å². The smallest absolute Gasteiger partial charge is 0.249 e. The highest BCUT2D eigenvalue weighted by Gasteiger charge is 2.28. The van der Waals surface area contributed by atoms with Gasteiger partial charge in [-0.3, -0.25) is 9.59 Å². The average Bonchev–Trinajstić information content (AvgIpc) is 2.79. The normalized spacial score (nSPS) is 17.5. The van der Waals surface area contributed by atoms with Crippen LogP contribution in [0.1, 0.15) is 18.9 Å². The van der Waals surface area contributed by atoms with Gasteiger partial charge in [-0.1, -0.05) is 12.1 Å². The molecule has 2 amide bonds. The van der Waals surface area contributed by atoms with Crippen LogP contribution in [0.3, 0.4) is 0 Å². The summed E-state index contributed by atoms with van der Waals surface area (Å²) in [5.41, 5.74) is 6.07. The molecule has 0 saturated carbocycles. The molecule has 1 aliphatic heterocycles. The third-order valence-corrected chi connectivity index (χ3v) is 3.08. The zero-order valence-electron chi connectivity index (χ0n) is 11.8. The van der Waals surface area contributed by atoms with Crippen LogP contribution < -0.4 is 15.6 Å². The Hall–Kier alpha value is -2.70. The number of hydrazone groups is 2. The van der Waals surface area contributed by atoms with Crippen LogP contribution in [0.4, 0.5) is 0 Å². The van der Waals surface area contributed by atoms with E-state index in [0.717, 1.165) is 5.56 Å². The Kier molecular flexibility index (Phi) is 4.65. The number of ether oxygens (including phenoxy) is 1. The van der Waals surface area contributed by atoms with Crippen LogP contribution in [0.2, 0.25) is 0 Å². The molecule has 110 valence electrons. The standard InChI is InChI=1S/C14H16N4O3/c1-9-11(14(20)18-16-9)7-13(19)17-15-8-10-5-3-4-6-12(10)21-2/h3-6,8,11H,7H2,1-2H3,(H,17,19)(H,18,20). The van der Waals surface area contributed by atoms with E-state index < -0.39 is 5.92 Å². The van der Waals surface area contributed by atoms with Gasteiger partial charge in [0.2, 0.25) is 11.8 Å². The van der Waals surface area contributed by atoms with Gasteiger partial charge in [0, 0.05) is 17.7 Å². The summed E-state index contributed by atoms with van der Waals surface area (Å²) in [6.45, 7) is 1.70. The molecule has 1 unspecified atom stereocenters. The number of carbonyl (C=O) groups excluding carboxylic acids is 2. The fourth-order valence-electron chi connectivity index (χ4n) is 1.91. The van der Waals surface area contributed by atoms with Gasteiger partial charge in [0.25, 0.3) is 0 Å². The molecule has 0 radical (unpaired) electrons. The highest BCUT2D eigenvalue weighted by Crippen LogP contribution is 2.14. The van der Waals surface area contributed by atoms with E-state index in [2.05, 4.69) is 21.1 Å². The van der Waals surface area contributed by atoms with Gasteiger partial charge in [-0.2, -0.15) is 10.2 Å². The van der Waals surface area contributed by atoms with E-state index in [1.165, 1.54) is 6.21 Å². The predicted octanol–water partition coefficient (Wildman–Crippen LogP) is 0.657. The first-order valence-electron chi connectivity index (χ1n) is 6.40.